The first-order chi connectivity index (χ1) is 11.7. The van der Waals surface area contributed by atoms with Gasteiger partial charge in [0.1, 0.15) is 0 Å². The van der Waals surface area contributed by atoms with Crippen LogP contribution in [-0.2, 0) is 11.2 Å². The summed E-state index contributed by atoms with van der Waals surface area (Å²) in [5.74, 6) is -0.881. The molecular formula is C19H18NO4+. The lowest BCUT2D eigenvalue weighted by molar-refractivity contribution is -0.594. The van der Waals surface area contributed by atoms with Crippen LogP contribution in [0.2, 0.25) is 0 Å². The fourth-order valence-electron chi connectivity index (χ4n) is 2.50. The van der Waals surface area contributed by atoms with E-state index in [4.69, 9.17) is 4.42 Å². The molecular weight excluding hydrogens is 306 g/mol. The molecule has 0 spiro atoms. The lowest BCUT2D eigenvalue weighted by Gasteiger charge is -1.99. The first-order valence-electron chi connectivity index (χ1n) is 7.66. The molecule has 0 aliphatic heterocycles. The minimum Gasteiger partial charge on any atom is -0.463 e. The van der Waals surface area contributed by atoms with Gasteiger partial charge in [0.15, 0.2) is 0 Å². The minimum atomic E-state index is -0.728. The van der Waals surface area contributed by atoms with Crippen molar-refractivity contribution in [2.45, 2.75) is 13.3 Å². The number of aryl methyl sites for hydroxylation is 1. The van der Waals surface area contributed by atoms with Gasteiger partial charge in [-0.3, -0.25) is 0 Å². The molecule has 0 fully saturated rings. The second kappa shape index (κ2) is 6.58. The number of oxazole rings is 1. The first kappa shape index (κ1) is 15.8. The number of hydrogen-bond donors (Lipinski definition) is 1. The summed E-state index contributed by atoms with van der Waals surface area (Å²) in [6, 6.07) is 17.0. The number of carbonyl (C=O) groups is 1. The van der Waals surface area contributed by atoms with Crippen LogP contribution in [0, 0.1) is 0 Å². The van der Waals surface area contributed by atoms with E-state index < -0.39 is 5.97 Å². The van der Waals surface area contributed by atoms with E-state index in [-0.39, 0.29) is 11.6 Å². The number of aromatic hydroxyl groups is 1. The Hall–Kier alpha value is -3.08. The van der Waals surface area contributed by atoms with E-state index in [9.17, 15) is 9.90 Å². The predicted molar refractivity (Wildman–Crippen MR) is 88.1 cm³/mol. The highest BCUT2D eigenvalue weighted by Gasteiger charge is 2.35. The maximum absolute atomic E-state index is 11.9. The molecule has 5 nitrogen and oxygen atoms in total. The van der Waals surface area contributed by atoms with Crippen molar-refractivity contribution < 1.29 is 23.6 Å². The van der Waals surface area contributed by atoms with E-state index in [0.717, 1.165) is 12.0 Å². The van der Waals surface area contributed by atoms with Crippen LogP contribution in [0.4, 0.5) is 0 Å². The Morgan fingerprint density at radius 2 is 1.79 bits per heavy atom. The minimum absolute atomic E-state index is 0.226. The molecule has 0 atom stereocenters. The van der Waals surface area contributed by atoms with Gasteiger partial charge < -0.3 is 14.3 Å². The highest BCUT2D eigenvalue weighted by Crippen LogP contribution is 2.27. The van der Waals surface area contributed by atoms with Gasteiger partial charge in [0.25, 0.3) is 0 Å². The van der Waals surface area contributed by atoms with E-state index in [2.05, 4.69) is 11.7 Å². The molecule has 0 radical (unpaired) electrons. The molecule has 1 heterocycles. The molecule has 2 aromatic carbocycles. The lowest BCUT2D eigenvalue weighted by atomic mass is 10.1. The normalized spacial score (nSPS) is 10.6. The topological polar surface area (TPSA) is 63.6 Å². The second-order valence-corrected chi connectivity index (χ2v) is 5.27. The summed E-state index contributed by atoms with van der Waals surface area (Å²) in [6.45, 7) is 2.08. The molecule has 5 heteroatoms. The van der Waals surface area contributed by atoms with E-state index in [1.54, 1.807) is 0 Å². The molecule has 0 unspecified atom stereocenters. The number of methoxy groups -OCH3 is 1. The number of benzene rings is 2. The molecule has 0 amide bonds. The number of hydrogen-bond acceptors (Lipinski definition) is 4. The number of para-hydroxylation sites is 1. The Morgan fingerprint density at radius 1 is 1.12 bits per heavy atom. The summed E-state index contributed by atoms with van der Waals surface area (Å²) < 4.78 is 11.8. The third-order valence-electron chi connectivity index (χ3n) is 3.81. The lowest BCUT2D eigenvalue weighted by Crippen LogP contribution is -2.31. The molecule has 3 aromatic rings. The first-order valence-corrected chi connectivity index (χ1v) is 7.66. The molecule has 0 saturated heterocycles. The number of ether oxygens (including phenoxy) is 1. The summed E-state index contributed by atoms with van der Waals surface area (Å²) in [5, 5.41) is 10.5. The maximum Gasteiger partial charge on any atom is 0.426 e. The van der Waals surface area contributed by atoms with Gasteiger partial charge in [-0.2, -0.15) is 0 Å². The highest BCUT2D eigenvalue weighted by molar-refractivity contribution is 5.88. The Bertz CT molecular complexity index is 851. The SMILES string of the molecule is CCc1ccc(-c2oc(C(=O)OC)c(O)[n+]2-c2ccccc2)cc1. The number of rotatable bonds is 4. The Kier molecular flexibility index (Phi) is 4.33. The smallest absolute Gasteiger partial charge is 0.426 e. The largest absolute Gasteiger partial charge is 0.463 e. The number of esters is 1. The molecule has 3 rings (SSSR count). The van der Waals surface area contributed by atoms with Gasteiger partial charge in [-0.15, -0.1) is 0 Å². The van der Waals surface area contributed by atoms with Crippen LogP contribution < -0.4 is 4.57 Å². The van der Waals surface area contributed by atoms with Crippen molar-refractivity contribution in [3.05, 3.63) is 65.9 Å². The van der Waals surface area contributed by atoms with E-state index >= 15 is 0 Å². The molecule has 0 bridgehead atoms. The van der Waals surface area contributed by atoms with Crippen LogP contribution in [0.3, 0.4) is 0 Å². The van der Waals surface area contributed by atoms with Gasteiger partial charge >= 0.3 is 23.5 Å². The van der Waals surface area contributed by atoms with Crippen LogP contribution in [0.15, 0.2) is 59.0 Å². The Labute approximate surface area is 139 Å². The fourth-order valence-corrected chi connectivity index (χ4v) is 2.50. The monoisotopic (exact) mass is 324 g/mol. The van der Waals surface area contributed by atoms with Gasteiger partial charge in [-0.05, 0) is 24.1 Å². The van der Waals surface area contributed by atoms with Gasteiger partial charge in [-0.25, -0.2) is 4.79 Å². The molecule has 122 valence electrons. The van der Waals surface area contributed by atoms with Gasteiger partial charge in [-0.1, -0.05) is 41.8 Å². The summed E-state index contributed by atoms with van der Waals surface area (Å²) in [7, 11) is 1.24. The van der Waals surface area contributed by atoms with Crippen molar-refractivity contribution in [2.24, 2.45) is 0 Å². The van der Waals surface area contributed by atoms with Crippen molar-refractivity contribution in [3.63, 3.8) is 0 Å². The summed E-state index contributed by atoms with van der Waals surface area (Å²) in [5.41, 5.74) is 2.62. The van der Waals surface area contributed by atoms with E-state index in [1.165, 1.54) is 17.2 Å². The third kappa shape index (κ3) is 2.76. The van der Waals surface area contributed by atoms with Gasteiger partial charge in [0.2, 0.25) is 5.69 Å². The standard InChI is InChI=1S/C19H17NO4/c1-3-13-9-11-14(12-10-13)18-20(15-7-5-4-6-8-15)17(21)16(24-18)19(22)23-2/h4-12H,3H2,1-2H3/p+1. The summed E-state index contributed by atoms with van der Waals surface area (Å²) >= 11 is 0. The number of nitrogens with zero attached hydrogens (tertiary/aromatic N) is 1. The van der Waals surface area contributed by atoms with Crippen LogP contribution >= 0.6 is 0 Å². The zero-order valence-electron chi connectivity index (χ0n) is 13.5. The predicted octanol–water partition coefficient (Wildman–Crippen LogP) is 3.28. The third-order valence-corrected chi connectivity index (χ3v) is 3.81. The molecule has 1 aromatic heterocycles. The van der Waals surface area contributed by atoms with Crippen molar-refractivity contribution in [1.82, 2.24) is 0 Å². The van der Waals surface area contributed by atoms with Crippen molar-refractivity contribution in [1.29, 1.82) is 0 Å². The highest BCUT2D eigenvalue weighted by atomic mass is 16.5. The van der Waals surface area contributed by atoms with Gasteiger partial charge in [0.05, 0.1) is 12.7 Å². The van der Waals surface area contributed by atoms with Crippen LogP contribution in [0.1, 0.15) is 23.0 Å². The molecule has 0 aliphatic rings. The zero-order chi connectivity index (χ0) is 17.1. The van der Waals surface area contributed by atoms with E-state index in [1.807, 2.05) is 54.6 Å². The van der Waals surface area contributed by atoms with Crippen LogP contribution in [0.5, 0.6) is 5.88 Å². The van der Waals surface area contributed by atoms with Crippen LogP contribution in [-0.4, -0.2) is 18.2 Å². The summed E-state index contributed by atoms with van der Waals surface area (Å²) in [4.78, 5) is 11.9. The molecule has 1 N–H and O–H groups in total. The Balaban J connectivity index is 2.21. The average Bonchev–Trinajstić information content (AvgIpc) is 2.99. The van der Waals surface area contributed by atoms with Crippen molar-refractivity contribution in [3.8, 4) is 23.0 Å². The van der Waals surface area contributed by atoms with Crippen LogP contribution in [0.25, 0.3) is 17.1 Å². The van der Waals surface area contributed by atoms with Crippen molar-refractivity contribution >= 4 is 5.97 Å². The summed E-state index contributed by atoms with van der Waals surface area (Å²) in [6.07, 6.45) is 0.926. The quantitative estimate of drug-likeness (QED) is 0.591. The number of carbonyl (C=O) groups excluding carboxylic acids is 1. The fraction of sp³-hybridized carbons (Fsp3) is 0.158. The van der Waals surface area contributed by atoms with Gasteiger partial charge in [0, 0.05) is 12.1 Å². The second-order valence-electron chi connectivity index (χ2n) is 5.27. The molecule has 0 aliphatic carbocycles. The molecule has 24 heavy (non-hydrogen) atoms. The average molecular weight is 324 g/mol. The maximum atomic E-state index is 11.9. The van der Waals surface area contributed by atoms with Crippen molar-refractivity contribution in [2.75, 3.05) is 7.11 Å². The zero-order valence-corrected chi connectivity index (χ0v) is 13.5. The van der Waals surface area contributed by atoms with E-state index in [0.29, 0.717) is 11.6 Å². The molecule has 0 saturated carbocycles. The Morgan fingerprint density at radius 3 is 2.38 bits per heavy atom. The number of aromatic nitrogens is 1.